The maximum absolute atomic E-state index is 12.2. The second-order valence-electron chi connectivity index (χ2n) is 5.16. The largest absolute Gasteiger partial charge is 0.377 e. The van der Waals surface area contributed by atoms with Gasteiger partial charge in [0, 0.05) is 26.2 Å². The summed E-state index contributed by atoms with van der Waals surface area (Å²) in [6.45, 7) is 5.44. The van der Waals surface area contributed by atoms with E-state index in [9.17, 15) is 4.79 Å². The van der Waals surface area contributed by atoms with Gasteiger partial charge >= 0.3 is 0 Å². The Labute approximate surface area is 121 Å². The second kappa shape index (κ2) is 8.02. The molecular formula is C16H24N2O2. The van der Waals surface area contributed by atoms with Crippen LogP contribution in [0.1, 0.15) is 25.3 Å². The van der Waals surface area contributed by atoms with E-state index in [0.29, 0.717) is 13.1 Å². The molecule has 1 aliphatic rings. The van der Waals surface area contributed by atoms with Crippen LogP contribution in [0.5, 0.6) is 0 Å². The molecule has 20 heavy (non-hydrogen) atoms. The molecule has 0 saturated carbocycles. The Morgan fingerprint density at radius 3 is 2.85 bits per heavy atom. The zero-order chi connectivity index (χ0) is 14.2. The molecule has 1 atom stereocenters. The van der Waals surface area contributed by atoms with Crippen LogP contribution in [0.3, 0.4) is 0 Å². The molecule has 1 aromatic rings. The Bertz CT molecular complexity index is 402. The molecule has 1 unspecified atom stereocenters. The highest BCUT2D eigenvalue weighted by atomic mass is 16.5. The first-order valence-corrected chi connectivity index (χ1v) is 7.43. The fraction of sp³-hybridized carbons (Fsp3) is 0.562. The first kappa shape index (κ1) is 15.0. The van der Waals surface area contributed by atoms with Crippen LogP contribution in [0.4, 0.5) is 0 Å². The van der Waals surface area contributed by atoms with Crippen molar-refractivity contribution in [3.63, 3.8) is 0 Å². The molecule has 1 heterocycles. The Morgan fingerprint density at radius 1 is 1.40 bits per heavy atom. The van der Waals surface area contributed by atoms with Gasteiger partial charge in [-0.15, -0.1) is 0 Å². The third-order valence-electron chi connectivity index (χ3n) is 3.62. The van der Waals surface area contributed by atoms with Gasteiger partial charge in [0.1, 0.15) is 0 Å². The molecule has 0 spiro atoms. The lowest BCUT2D eigenvalue weighted by Gasteiger charge is -2.21. The summed E-state index contributed by atoms with van der Waals surface area (Å²) >= 11 is 0. The molecule has 1 amide bonds. The van der Waals surface area contributed by atoms with Gasteiger partial charge in [-0.25, -0.2) is 0 Å². The van der Waals surface area contributed by atoms with Crippen LogP contribution in [0.15, 0.2) is 30.3 Å². The summed E-state index contributed by atoms with van der Waals surface area (Å²) < 4.78 is 5.53. The molecule has 0 bridgehead atoms. The number of amides is 1. The van der Waals surface area contributed by atoms with Gasteiger partial charge in [-0.2, -0.15) is 0 Å². The smallest absolute Gasteiger partial charge is 0.236 e. The molecule has 1 aromatic carbocycles. The van der Waals surface area contributed by atoms with Gasteiger partial charge in [0.05, 0.1) is 12.6 Å². The van der Waals surface area contributed by atoms with E-state index in [4.69, 9.17) is 4.74 Å². The minimum atomic E-state index is 0.148. The van der Waals surface area contributed by atoms with E-state index < -0.39 is 0 Å². The van der Waals surface area contributed by atoms with Crippen LogP contribution in [-0.4, -0.2) is 43.2 Å². The van der Waals surface area contributed by atoms with Crippen molar-refractivity contribution in [2.45, 2.75) is 32.4 Å². The summed E-state index contributed by atoms with van der Waals surface area (Å²) in [5.74, 6) is 0.148. The molecule has 2 rings (SSSR count). The van der Waals surface area contributed by atoms with Crippen LogP contribution in [-0.2, 0) is 16.1 Å². The van der Waals surface area contributed by atoms with Gasteiger partial charge in [-0.05, 0) is 25.3 Å². The first-order chi connectivity index (χ1) is 9.79. The van der Waals surface area contributed by atoms with Crippen molar-refractivity contribution in [3.05, 3.63) is 35.9 Å². The minimum absolute atomic E-state index is 0.148. The standard InChI is InChI=1S/C16H24N2O2/c1-2-18(13-14-7-4-3-5-8-14)16(19)12-17-11-15-9-6-10-20-15/h3-5,7-8,15,17H,2,6,9-13H2,1H3. The highest BCUT2D eigenvalue weighted by Gasteiger charge is 2.16. The van der Waals surface area contributed by atoms with E-state index in [2.05, 4.69) is 17.4 Å². The lowest BCUT2D eigenvalue weighted by atomic mass is 10.2. The lowest BCUT2D eigenvalue weighted by molar-refractivity contribution is -0.130. The summed E-state index contributed by atoms with van der Waals surface area (Å²) in [4.78, 5) is 14.0. The Balaban J connectivity index is 1.73. The first-order valence-electron chi connectivity index (χ1n) is 7.43. The third-order valence-corrected chi connectivity index (χ3v) is 3.62. The van der Waals surface area contributed by atoms with E-state index in [1.54, 1.807) is 0 Å². The summed E-state index contributed by atoms with van der Waals surface area (Å²) in [5, 5.41) is 3.21. The average molecular weight is 276 g/mol. The predicted molar refractivity (Wildman–Crippen MR) is 79.4 cm³/mol. The predicted octanol–water partition coefficient (Wildman–Crippen LogP) is 1.80. The number of rotatable bonds is 7. The topological polar surface area (TPSA) is 41.6 Å². The molecule has 1 fully saturated rings. The Kier molecular flexibility index (Phi) is 6.02. The summed E-state index contributed by atoms with van der Waals surface area (Å²) in [6, 6.07) is 10.1. The number of benzene rings is 1. The molecule has 1 N–H and O–H groups in total. The van der Waals surface area contributed by atoms with Crippen molar-refractivity contribution in [1.82, 2.24) is 10.2 Å². The van der Waals surface area contributed by atoms with Crippen molar-refractivity contribution in [1.29, 1.82) is 0 Å². The Morgan fingerprint density at radius 2 is 2.20 bits per heavy atom. The molecule has 4 heteroatoms. The summed E-state index contributed by atoms with van der Waals surface area (Å²) in [5.41, 5.74) is 1.17. The van der Waals surface area contributed by atoms with Gasteiger partial charge in [0.2, 0.25) is 5.91 Å². The van der Waals surface area contributed by atoms with Gasteiger partial charge in [0.25, 0.3) is 0 Å². The maximum Gasteiger partial charge on any atom is 0.236 e. The Hall–Kier alpha value is -1.39. The number of hydrogen-bond donors (Lipinski definition) is 1. The van der Waals surface area contributed by atoms with Gasteiger partial charge in [-0.1, -0.05) is 30.3 Å². The van der Waals surface area contributed by atoms with E-state index in [1.807, 2.05) is 30.0 Å². The molecule has 0 aromatic heterocycles. The van der Waals surface area contributed by atoms with E-state index >= 15 is 0 Å². The van der Waals surface area contributed by atoms with Crippen molar-refractivity contribution in [2.75, 3.05) is 26.2 Å². The molecular weight excluding hydrogens is 252 g/mol. The van der Waals surface area contributed by atoms with E-state index in [1.165, 1.54) is 5.56 Å². The van der Waals surface area contributed by atoms with Crippen molar-refractivity contribution >= 4 is 5.91 Å². The van der Waals surface area contributed by atoms with Crippen LogP contribution in [0.25, 0.3) is 0 Å². The monoisotopic (exact) mass is 276 g/mol. The average Bonchev–Trinajstić information content (AvgIpc) is 2.99. The van der Waals surface area contributed by atoms with Gasteiger partial charge < -0.3 is 15.0 Å². The number of likely N-dealkylation sites (N-methyl/N-ethyl adjacent to an activating group) is 1. The van der Waals surface area contributed by atoms with Gasteiger partial charge in [-0.3, -0.25) is 4.79 Å². The van der Waals surface area contributed by atoms with Crippen LogP contribution in [0.2, 0.25) is 0 Å². The zero-order valence-electron chi connectivity index (χ0n) is 12.2. The second-order valence-corrected chi connectivity index (χ2v) is 5.16. The maximum atomic E-state index is 12.2. The van der Waals surface area contributed by atoms with Crippen LogP contribution in [0, 0.1) is 0 Å². The molecule has 0 aliphatic carbocycles. The highest BCUT2D eigenvalue weighted by Crippen LogP contribution is 2.10. The van der Waals surface area contributed by atoms with Crippen molar-refractivity contribution in [2.24, 2.45) is 0 Å². The number of ether oxygens (including phenoxy) is 1. The quantitative estimate of drug-likeness (QED) is 0.826. The molecule has 1 aliphatic heterocycles. The molecule has 0 radical (unpaired) electrons. The number of nitrogens with one attached hydrogen (secondary N) is 1. The lowest BCUT2D eigenvalue weighted by Crippen LogP contribution is -2.39. The number of hydrogen-bond acceptors (Lipinski definition) is 3. The van der Waals surface area contributed by atoms with Crippen molar-refractivity contribution in [3.8, 4) is 0 Å². The minimum Gasteiger partial charge on any atom is -0.377 e. The summed E-state index contributed by atoms with van der Waals surface area (Å²) in [6.07, 6.45) is 2.52. The zero-order valence-corrected chi connectivity index (χ0v) is 12.2. The number of carbonyl (C=O) groups is 1. The van der Waals surface area contributed by atoms with Crippen molar-refractivity contribution < 1.29 is 9.53 Å². The van der Waals surface area contributed by atoms with Gasteiger partial charge in [0.15, 0.2) is 0 Å². The van der Waals surface area contributed by atoms with E-state index in [-0.39, 0.29) is 12.0 Å². The highest BCUT2D eigenvalue weighted by molar-refractivity contribution is 5.78. The van der Waals surface area contributed by atoms with Crippen LogP contribution < -0.4 is 5.32 Å². The number of nitrogens with zero attached hydrogens (tertiary/aromatic N) is 1. The third kappa shape index (κ3) is 4.62. The fourth-order valence-corrected chi connectivity index (χ4v) is 2.44. The molecule has 110 valence electrons. The summed E-state index contributed by atoms with van der Waals surface area (Å²) in [7, 11) is 0. The SMILES string of the molecule is CCN(Cc1ccccc1)C(=O)CNCC1CCCO1. The normalized spacial score (nSPS) is 18.1. The van der Waals surface area contributed by atoms with E-state index in [0.717, 1.165) is 32.5 Å². The fourth-order valence-electron chi connectivity index (χ4n) is 2.44. The molecule has 4 nitrogen and oxygen atoms in total. The number of carbonyl (C=O) groups excluding carboxylic acids is 1. The van der Waals surface area contributed by atoms with Crippen LogP contribution >= 0.6 is 0 Å². The molecule has 1 saturated heterocycles.